The maximum atomic E-state index is 12.4. The van der Waals surface area contributed by atoms with E-state index in [1.807, 2.05) is 29.2 Å². The summed E-state index contributed by atoms with van der Waals surface area (Å²) in [5.74, 6) is 0.0706. The Morgan fingerprint density at radius 2 is 2.00 bits per heavy atom. The van der Waals surface area contributed by atoms with Gasteiger partial charge in [-0.1, -0.05) is 28.1 Å². The van der Waals surface area contributed by atoms with Crippen LogP contribution in [0.4, 0.5) is 0 Å². The van der Waals surface area contributed by atoms with Gasteiger partial charge in [-0.15, -0.1) is 0 Å². The van der Waals surface area contributed by atoms with Crippen LogP contribution in [0.3, 0.4) is 0 Å². The van der Waals surface area contributed by atoms with Crippen molar-refractivity contribution < 1.29 is 4.79 Å². The molecule has 1 fully saturated rings. The summed E-state index contributed by atoms with van der Waals surface area (Å²) < 4.78 is 0.972. The molecule has 96 valence electrons. The number of nitrogens with two attached hydrogens (primary N) is 1. The first-order valence-corrected chi connectivity index (χ1v) is 7.13. The zero-order chi connectivity index (χ0) is 13.1. The zero-order valence-electron chi connectivity index (χ0n) is 9.93. The van der Waals surface area contributed by atoms with Gasteiger partial charge < -0.3 is 10.6 Å². The van der Waals surface area contributed by atoms with E-state index in [1.165, 1.54) is 0 Å². The van der Waals surface area contributed by atoms with Gasteiger partial charge in [-0.2, -0.15) is 0 Å². The molecule has 2 N–H and O–H groups in total. The fourth-order valence-corrected chi connectivity index (χ4v) is 2.18. The Morgan fingerprint density at radius 3 is 2.50 bits per heavy atom. The summed E-state index contributed by atoms with van der Waals surface area (Å²) in [5, 5.41) is 0. The summed E-state index contributed by atoms with van der Waals surface area (Å²) in [5.41, 5.74) is 6.22. The van der Waals surface area contributed by atoms with Crippen molar-refractivity contribution in [3.8, 4) is 0 Å². The van der Waals surface area contributed by atoms with Gasteiger partial charge in [-0.05, 0) is 37.1 Å². The maximum Gasteiger partial charge on any atom is 0.254 e. The first-order valence-electron chi connectivity index (χ1n) is 5.93. The molecule has 18 heavy (non-hydrogen) atoms. The average Bonchev–Trinajstić information content (AvgIpc) is 3.14. The van der Waals surface area contributed by atoms with Crippen molar-refractivity contribution in [3.05, 3.63) is 34.3 Å². The lowest BCUT2D eigenvalue weighted by molar-refractivity contribution is 0.0748. The van der Waals surface area contributed by atoms with Crippen LogP contribution in [0.1, 0.15) is 29.6 Å². The summed E-state index contributed by atoms with van der Waals surface area (Å²) in [4.78, 5) is 14.7. The number of hydrogen-bond donors (Lipinski definition) is 1. The van der Waals surface area contributed by atoms with Gasteiger partial charge in [0.1, 0.15) is 0 Å². The van der Waals surface area contributed by atoms with Crippen molar-refractivity contribution in [1.29, 1.82) is 0 Å². The van der Waals surface area contributed by atoms with Crippen molar-refractivity contribution in [2.45, 2.75) is 25.3 Å². The van der Waals surface area contributed by atoms with Crippen LogP contribution in [0.2, 0.25) is 0 Å². The van der Waals surface area contributed by atoms with Crippen LogP contribution >= 0.6 is 28.1 Å². The summed E-state index contributed by atoms with van der Waals surface area (Å²) in [7, 11) is 0. The molecule has 0 aromatic heterocycles. The first kappa shape index (κ1) is 13.5. The van der Waals surface area contributed by atoms with Crippen molar-refractivity contribution in [1.82, 2.24) is 4.90 Å². The second-order valence-electron chi connectivity index (χ2n) is 4.45. The second-order valence-corrected chi connectivity index (χ2v) is 5.89. The Bertz CT molecular complexity index is 457. The van der Waals surface area contributed by atoms with Gasteiger partial charge in [-0.25, -0.2) is 0 Å². The largest absolute Gasteiger partial charge is 0.393 e. The van der Waals surface area contributed by atoms with Gasteiger partial charge in [0.15, 0.2) is 0 Å². The molecule has 5 heteroatoms. The predicted molar refractivity (Wildman–Crippen MR) is 79.6 cm³/mol. The molecule has 0 aliphatic heterocycles. The monoisotopic (exact) mass is 326 g/mol. The van der Waals surface area contributed by atoms with Crippen molar-refractivity contribution >= 4 is 39.0 Å². The number of benzene rings is 1. The Balaban J connectivity index is 2.07. The topological polar surface area (TPSA) is 46.3 Å². The summed E-state index contributed by atoms with van der Waals surface area (Å²) >= 11 is 8.24. The number of amides is 1. The van der Waals surface area contributed by atoms with Crippen molar-refractivity contribution in [2.75, 3.05) is 6.54 Å². The number of carbonyl (C=O) groups excluding carboxylic acids is 1. The molecule has 1 aromatic carbocycles. The second kappa shape index (κ2) is 5.80. The van der Waals surface area contributed by atoms with E-state index >= 15 is 0 Å². The SMILES string of the molecule is NC(=S)CCN(C(=O)c1ccc(Br)cc1)C1CC1. The van der Waals surface area contributed by atoms with Gasteiger partial charge in [0.25, 0.3) is 5.91 Å². The molecule has 0 radical (unpaired) electrons. The summed E-state index contributed by atoms with van der Waals surface area (Å²) in [6.45, 7) is 0.620. The van der Waals surface area contributed by atoms with E-state index in [1.54, 1.807) is 0 Å². The molecule has 3 nitrogen and oxygen atoms in total. The number of halogens is 1. The normalized spacial score (nSPS) is 14.3. The van der Waals surface area contributed by atoms with E-state index in [4.69, 9.17) is 18.0 Å². The highest BCUT2D eigenvalue weighted by atomic mass is 79.9. The zero-order valence-corrected chi connectivity index (χ0v) is 12.3. The molecule has 1 aromatic rings. The molecule has 1 aliphatic carbocycles. The van der Waals surface area contributed by atoms with E-state index < -0.39 is 0 Å². The Morgan fingerprint density at radius 1 is 1.39 bits per heavy atom. The molecule has 0 heterocycles. The number of rotatable bonds is 5. The van der Waals surface area contributed by atoms with E-state index in [-0.39, 0.29) is 5.91 Å². The van der Waals surface area contributed by atoms with Crippen molar-refractivity contribution in [2.24, 2.45) is 5.73 Å². The molecule has 1 aliphatic rings. The molecular weight excluding hydrogens is 312 g/mol. The highest BCUT2D eigenvalue weighted by Crippen LogP contribution is 2.28. The quantitative estimate of drug-likeness (QED) is 0.846. The van der Waals surface area contributed by atoms with Gasteiger partial charge >= 0.3 is 0 Å². The molecule has 0 saturated heterocycles. The molecule has 1 saturated carbocycles. The van der Waals surface area contributed by atoms with Crippen molar-refractivity contribution in [3.63, 3.8) is 0 Å². The standard InChI is InChI=1S/C13H15BrN2OS/c14-10-3-1-9(2-4-10)13(17)16(11-5-6-11)8-7-12(15)18/h1-4,11H,5-8H2,(H2,15,18). The number of thiocarbonyl (C=S) groups is 1. The summed E-state index contributed by atoms with van der Waals surface area (Å²) in [6.07, 6.45) is 2.76. The number of nitrogens with zero attached hydrogens (tertiary/aromatic N) is 1. The highest BCUT2D eigenvalue weighted by molar-refractivity contribution is 9.10. The average molecular weight is 327 g/mol. The lowest BCUT2D eigenvalue weighted by atomic mass is 10.2. The molecule has 1 amide bonds. The Hall–Kier alpha value is -0.940. The number of hydrogen-bond acceptors (Lipinski definition) is 2. The van der Waals surface area contributed by atoms with Crippen LogP contribution in [-0.4, -0.2) is 28.4 Å². The van der Waals surface area contributed by atoms with Crippen LogP contribution in [0, 0.1) is 0 Å². The minimum absolute atomic E-state index is 0.0706. The van der Waals surface area contributed by atoms with E-state index in [0.29, 0.717) is 29.6 Å². The fourth-order valence-electron chi connectivity index (χ4n) is 1.83. The van der Waals surface area contributed by atoms with E-state index in [0.717, 1.165) is 17.3 Å². The van der Waals surface area contributed by atoms with E-state index in [2.05, 4.69) is 15.9 Å². The number of carbonyl (C=O) groups is 1. The minimum atomic E-state index is 0.0706. The van der Waals surface area contributed by atoms with Gasteiger partial charge in [0, 0.05) is 29.0 Å². The minimum Gasteiger partial charge on any atom is -0.393 e. The molecule has 0 unspecified atom stereocenters. The Labute approximate surface area is 120 Å². The molecule has 0 spiro atoms. The molecule has 0 bridgehead atoms. The lowest BCUT2D eigenvalue weighted by Gasteiger charge is -2.22. The third-order valence-corrected chi connectivity index (χ3v) is 3.67. The van der Waals surface area contributed by atoms with Crippen LogP contribution < -0.4 is 5.73 Å². The Kier molecular flexibility index (Phi) is 4.35. The molecular formula is C13H15BrN2OS. The smallest absolute Gasteiger partial charge is 0.254 e. The lowest BCUT2D eigenvalue weighted by Crippen LogP contribution is -2.35. The van der Waals surface area contributed by atoms with Gasteiger partial charge in [0.05, 0.1) is 4.99 Å². The van der Waals surface area contributed by atoms with Crippen LogP contribution in [0.25, 0.3) is 0 Å². The molecule has 0 atom stereocenters. The molecule has 2 rings (SSSR count). The van der Waals surface area contributed by atoms with Crippen LogP contribution in [0.5, 0.6) is 0 Å². The maximum absolute atomic E-state index is 12.4. The van der Waals surface area contributed by atoms with Gasteiger partial charge in [0.2, 0.25) is 0 Å². The predicted octanol–water partition coefficient (Wildman–Crippen LogP) is 2.73. The third-order valence-electron chi connectivity index (χ3n) is 2.94. The fraction of sp³-hybridized carbons (Fsp3) is 0.385. The van der Waals surface area contributed by atoms with Crippen LogP contribution in [0.15, 0.2) is 28.7 Å². The highest BCUT2D eigenvalue weighted by Gasteiger charge is 2.32. The third kappa shape index (κ3) is 3.53. The van der Waals surface area contributed by atoms with Gasteiger partial charge in [-0.3, -0.25) is 4.79 Å². The van der Waals surface area contributed by atoms with E-state index in [9.17, 15) is 4.79 Å². The van der Waals surface area contributed by atoms with Crippen LogP contribution in [-0.2, 0) is 0 Å². The summed E-state index contributed by atoms with van der Waals surface area (Å²) in [6, 6.07) is 7.80. The first-order chi connectivity index (χ1) is 8.58.